The summed E-state index contributed by atoms with van der Waals surface area (Å²) in [6.07, 6.45) is 4.81. The van der Waals surface area contributed by atoms with Gasteiger partial charge in [-0.2, -0.15) is 0 Å². The van der Waals surface area contributed by atoms with E-state index in [0.29, 0.717) is 5.56 Å². The molecule has 0 aliphatic heterocycles. The highest BCUT2D eigenvalue weighted by atomic mass is 16.4. The lowest BCUT2D eigenvalue weighted by molar-refractivity contribution is 0.0697. The standard InChI is InChI=1S/C26H26O2/c1-3-8-17-14-15-23(26(27)28)25(20(17)9-4-2)22-13-7-12-21-19-11-6-5-10-18(19)16-24(21)22/h5-7,10-15H,3-4,8-9,16H2,1-2H3,(H,27,28). The minimum absolute atomic E-state index is 0.424. The van der Waals surface area contributed by atoms with Crippen molar-refractivity contribution in [2.45, 2.75) is 46.0 Å². The largest absolute Gasteiger partial charge is 0.478 e. The zero-order valence-corrected chi connectivity index (χ0v) is 16.6. The lowest BCUT2D eigenvalue weighted by Crippen LogP contribution is -2.07. The van der Waals surface area contributed by atoms with Gasteiger partial charge in [-0.25, -0.2) is 4.79 Å². The van der Waals surface area contributed by atoms with Crippen LogP contribution in [0.4, 0.5) is 0 Å². The van der Waals surface area contributed by atoms with Crippen molar-refractivity contribution in [2.24, 2.45) is 0 Å². The third-order valence-electron chi connectivity index (χ3n) is 5.78. The summed E-state index contributed by atoms with van der Waals surface area (Å²) in [5, 5.41) is 9.96. The van der Waals surface area contributed by atoms with Crippen LogP contribution in [0.3, 0.4) is 0 Å². The van der Waals surface area contributed by atoms with E-state index in [1.165, 1.54) is 33.4 Å². The van der Waals surface area contributed by atoms with Gasteiger partial charge in [0.05, 0.1) is 5.56 Å². The minimum atomic E-state index is -0.844. The van der Waals surface area contributed by atoms with Crippen LogP contribution in [-0.2, 0) is 19.3 Å². The number of benzene rings is 3. The third-order valence-corrected chi connectivity index (χ3v) is 5.78. The SMILES string of the molecule is CCCc1ccc(C(=O)O)c(-c2cccc3c2Cc2ccccc2-3)c1CCC. The maximum atomic E-state index is 12.1. The fraction of sp³-hybridized carbons (Fsp3) is 0.269. The highest BCUT2D eigenvalue weighted by Gasteiger charge is 2.25. The molecule has 2 nitrogen and oxygen atoms in total. The van der Waals surface area contributed by atoms with Gasteiger partial charge >= 0.3 is 5.97 Å². The molecule has 3 aromatic rings. The Morgan fingerprint density at radius 1 is 0.857 bits per heavy atom. The summed E-state index contributed by atoms with van der Waals surface area (Å²) in [6.45, 7) is 4.34. The number of fused-ring (bicyclic) bond motifs is 3. The van der Waals surface area contributed by atoms with Gasteiger partial charge in [-0.15, -0.1) is 0 Å². The molecule has 0 unspecified atom stereocenters. The van der Waals surface area contributed by atoms with Crippen LogP contribution in [0.25, 0.3) is 22.3 Å². The van der Waals surface area contributed by atoms with Crippen molar-refractivity contribution in [2.75, 3.05) is 0 Å². The second-order valence-electron chi connectivity index (χ2n) is 7.60. The van der Waals surface area contributed by atoms with Crippen molar-refractivity contribution in [1.29, 1.82) is 0 Å². The average Bonchev–Trinajstić information content (AvgIpc) is 3.08. The summed E-state index contributed by atoms with van der Waals surface area (Å²) in [4.78, 5) is 12.1. The van der Waals surface area contributed by atoms with E-state index in [0.717, 1.165) is 43.2 Å². The summed E-state index contributed by atoms with van der Waals surface area (Å²) in [5.74, 6) is -0.844. The number of carbonyl (C=O) groups is 1. The summed E-state index contributed by atoms with van der Waals surface area (Å²) in [5.41, 5.74) is 10.1. The van der Waals surface area contributed by atoms with E-state index in [9.17, 15) is 9.90 Å². The normalized spacial score (nSPS) is 11.9. The zero-order chi connectivity index (χ0) is 19.7. The number of rotatable bonds is 6. The Bertz CT molecular complexity index is 1050. The lowest BCUT2D eigenvalue weighted by Gasteiger charge is -2.19. The van der Waals surface area contributed by atoms with Crippen molar-refractivity contribution in [3.63, 3.8) is 0 Å². The van der Waals surface area contributed by atoms with Crippen LogP contribution in [0.2, 0.25) is 0 Å². The van der Waals surface area contributed by atoms with Gasteiger partial charge in [-0.1, -0.05) is 75.2 Å². The monoisotopic (exact) mass is 370 g/mol. The van der Waals surface area contributed by atoms with Gasteiger partial charge in [0, 0.05) is 0 Å². The predicted octanol–water partition coefficient (Wildman–Crippen LogP) is 6.53. The molecule has 4 rings (SSSR count). The average molecular weight is 370 g/mol. The molecular weight excluding hydrogens is 344 g/mol. The second kappa shape index (κ2) is 7.63. The van der Waals surface area contributed by atoms with Crippen molar-refractivity contribution < 1.29 is 9.90 Å². The molecule has 0 fully saturated rings. The molecule has 2 heteroatoms. The first-order valence-electron chi connectivity index (χ1n) is 10.2. The molecule has 142 valence electrons. The van der Waals surface area contributed by atoms with Crippen molar-refractivity contribution in [3.05, 3.63) is 82.4 Å². The summed E-state index contributed by atoms with van der Waals surface area (Å²) in [7, 11) is 0. The second-order valence-corrected chi connectivity index (χ2v) is 7.60. The molecule has 1 N–H and O–H groups in total. The first-order valence-corrected chi connectivity index (χ1v) is 10.2. The molecule has 0 atom stereocenters. The van der Waals surface area contributed by atoms with Crippen LogP contribution in [0.15, 0.2) is 54.6 Å². The Labute approximate surface area is 166 Å². The minimum Gasteiger partial charge on any atom is -0.478 e. The maximum Gasteiger partial charge on any atom is 0.336 e. The molecule has 0 saturated carbocycles. The summed E-state index contributed by atoms with van der Waals surface area (Å²) >= 11 is 0. The van der Waals surface area contributed by atoms with Gasteiger partial charge in [0.1, 0.15) is 0 Å². The first-order chi connectivity index (χ1) is 13.7. The van der Waals surface area contributed by atoms with E-state index in [2.05, 4.69) is 56.3 Å². The van der Waals surface area contributed by atoms with Crippen LogP contribution in [0, 0.1) is 0 Å². The molecule has 0 amide bonds. The quantitative estimate of drug-likeness (QED) is 0.419. The zero-order valence-electron chi connectivity index (χ0n) is 16.6. The van der Waals surface area contributed by atoms with Gasteiger partial charge in [0.2, 0.25) is 0 Å². The molecule has 0 radical (unpaired) electrons. The van der Waals surface area contributed by atoms with Gasteiger partial charge in [-0.05, 0) is 69.8 Å². The van der Waals surface area contributed by atoms with E-state index in [4.69, 9.17) is 0 Å². The predicted molar refractivity (Wildman–Crippen MR) is 115 cm³/mol. The molecule has 1 aliphatic carbocycles. The Hall–Kier alpha value is -2.87. The molecule has 0 saturated heterocycles. The summed E-state index contributed by atoms with van der Waals surface area (Å²) in [6, 6.07) is 18.7. The molecule has 1 aliphatic rings. The fourth-order valence-corrected chi connectivity index (χ4v) is 4.61. The van der Waals surface area contributed by atoms with Crippen LogP contribution >= 0.6 is 0 Å². The van der Waals surface area contributed by atoms with E-state index < -0.39 is 5.97 Å². The molecule has 28 heavy (non-hydrogen) atoms. The smallest absolute Gasteiger partial charge is 0.336 e. The molecule has 0 heterocycles. The van der Waals surface area contributed by atoms with Crippen molar-refractivity contribution >= 4 is 5.97 Å². The van der Waals surface area contributed by atoms with E-state index in [1.807, 2.05) is 12.1 Å². The number of aryl methyl sites for hydroxylation is 1. The number of hydrogen-bond donors (Lipinski definition) is 1. The molecule has 0 aromatic heterocycles. The first kappa shape index (κ1) is 18.5. The Morgan fingerprint density at radius 3 is 2.32 bits per heavy atom. The summed E-state index contributed by atoms with van der Waals surface area (Å²) < 4.78 is 0. The van der Waals surface area contributed by atoms with Gasteiger partial charge in [-0.3, -0.25) is 0 Å². The number of aromatic carboxylic acids is 1. The molecule has 0 spiro atoms. The Kier molecular flexibility index (Phi) is 5.04. The Morgan fingerprint density at radius 2 is 1.57 bits per heavy atom. The molecular formula is C26H26O2. The number of carboxylic acid groups (broad SMARTS) is 1. The van der Waals surface area contributed by atoms with Crippen molar-refractivity contribution in [1.82, 2.24) is 0 Å². The third kappa shape index (κ3) is 3.03. The van der Waals surface area contributed by atoms with E-state index >= 15 is 0 Å². The van der Waals surface area contributed by atoms with Gasteiger partial charge < -0.3 is 5.11 Å². The van der Waals surface area contributed by atoms with E-state index in [-0.39, 0.29) is 0 Å². The van der Waals surface area contributed by atoms with Crippen LogP contribution in [0.5, 0.6) is 0 Å². The van der Waals surface area contributed by atoms with Gasteiger partial charge in [0.15, 0.2) is 0 Å². The highest BCUT2D eigenvalue weighted by molar-refractivity contribution is 5.99. The fourth-order valence-electron chi connectivity index (χ4n) is 4.61. The van der Waals surface area contributed by atoms with Crippen LogP contribution in [-0.4, -0.2) is 11.1 Å². The van der Waals surface area contributed by atoms with Gasteiger partial charge in [0.25, 0.3) is 0 Å². The Balaban J connectivity index is 2.00. The van der Waals surface area contributed by atoms with Crippen molar-refractivity contribution in [3.8, 4) is 22.3 Å². The molecule has 0 bridgehead atoms. The topological polar surface area (TPSA) is 37.3 Å². The van der Waals surface area contributed by atoms with E-state index in [1.54, 1.807) is 0 Å². The number of hydrogen-bond acceptors (Lipinski definition) is 1. The highest BCUT2D eigenvalue weighted by Crippen LogP contribution is 2.43. The number of carboxylic acids is 1. The molecule has 3 aromatic carbocycles. The van der Waals surface area contributed by atoms with Crippen LogP contribution < -0.4 is 0 Å². The maximum absolute atomic E-state index is 12.1. The van der Waals surface area contributed by atoms with Crippen LogP contribution in [0.1, 0.15) is 59.3 Å². The lowest BCUT2D eigenvalue weighted by atomic mass is 9.84.